The molecule has 122 valence electrons. The number of aromatic amines is 1. The van der Waals surface area contributed by atoms with Crippen LogP contribution in [-0.2, 0) is 13.0 Å². The zero-order chi connectivity index (χ0) is 15.4. The second-order valence-corrected chi connectivity index (χ2v) is 7.66. The van der Waals surface area contributed by atoms with Crippen molar-refractivity contribution in [2.75, 3.05) is 13.1 Å². The SMILES string of the molecule is O=c1c2c(nc3cc(C4CC4)[nH]n13)CCN(CC1CCCC1)C2. The third-order valence-electron chi connectivity index (χ3n) is 5.87. The molecule has 5 rings (SSSR count). The van der Waals surface area contributed by atoms with Crippen LogP contribution in [0.3, 0.4) is 0 Å². The second kappa shape index (κ2) is 5.20. The number of fused-ring (bicyclic) bond motifs is 2. The molecule has 1 N–H and O–H groups in total. The summed E-state index contributed by atoms with van der Waals surface area (Å²) in [5.41, 5.74) is 4.04. The van der Waals surface area contributed by atoms with Crippen LogP contribution in [0.2, 0.25) is 0 Å². The van der Waals surface area contributed by atoms with Gasteiger partial charge in [-0.25, -0.2) is 9.50 Å². The predicted octanol–water partition coefficient (Wildman–Crippen LogP) is 2.45. The molecule has 2 saturated carbocycles. The molecule has 0 bridgehead atoms. The largest absolute Gasteiger partial charge is 0.298 e. The van der Waals surface area contributed by atoms with Gasteiger partial charge in [-0.15, -0.1) is 0 Å². The standard InChI is InChI=1S/C18H24N4O/c23-18-14-11-21(10-12-3-1-2-4-12)8-7-15(14)19-17-9-16(13-5-6-13)20-22(17)18/h9,12-13,20H,1-8,10-11H2. The van der Waals surface area contributed by atoms with Crippen molar-refractivity contribution in [1.29, 1.82) is 0 Å². The van der Waals surface area contributed by atoms with Crippen LogP contribution < -0.4 is 5.56 Å². The maximum absolute atomic E-state index is 12.9. The molecule has 2 aliphatic carbocycles. The highest BCUT2D eigenvalue weighted by atomic mass is 16.1. The van der Waals surface area contributed by atoms with Gasteiger partial charge in [0.05, 0.1) is 11.3 Å². The zero-order valence-electron chi connectivity index (χ0n) is 13.6. The summed E-state index contributed by atoms with van der Waals surface area (Å²) in [6.07, 6.45) is 8.87. The van der Waals surface area contributed by atoms with E-state index in [1.165, 1.54) is 44.2 Å². The fourth-order valence-electron chi connectivity index (χ4n) is 4.37. The highest BCUT2D eigenvalue weighted by Gasteiger charge is 2.28. The summed E-state index contributed by atoms with van der Waals surface area (Å²) in [4.78, 5) is 20.1. The van der Waals surface area contributed by atoms with Gasteiger partial charge in [-0.2, -0.15) is 0 Å². The molecule has 0 atom stereocenters. The van der Waals surface area contributed by atoms with Gasteiger partial charge in [-0.05, 0) is 31.6 Å². The fraction of sp³-hybridized carbons (Fsp3) is 0.667. The molecule has 0 aromatic carbocycles. The minimum absolute atomic E-state index is 0.119. The summed E-state index contributed by atoms with van der Waals surface area (Å²) in [7, 11) is 0. The van der Waals surface area contributed by atoms with E-state index in [0.717, 1.165) is 48.9 Å². The van der Waals surface area contributed by atoms with E-state index in [2.05, 4.69) is 16.1 Å². The first kappa shape index (κ1) is 13.8. The molecule has 3 heterocycles. The monoisotopic (exact) mass is 312 g/mol. The Morgan fingerprint density at radius 1 is 1.22 bits per heavy atom. The summed E-state index contributed by atoms with van der Waals surface area (Å²) >= 11 is 0. The Morgan fingerprint density at radius 3 is 2.83 bits per heavy atom. The van der Waals surface area contributed by atoms with E-state index >= 15 is 0 Å². The Kier molecular flexibility index (Phi) is 3.11. The lowest BCUT2D eigenvalue weighted by Crippen LogP contribution is -2.38. The fourth-order valence-corrected chi connectivity index (χ4v) is 4.37. The summed E-state index contributed by atoms with van der Waals surface area (Å²) < 4.78 is 1.67. The van der Waals surface area contributed by atoms with Gasteiger partial charge in [0.25, 0.3) is 5.56 Å². The molecule has 2 fully saturated rings. The van der Waals surface area contributed by atoms with Crippen LogP contribution in [0.25, 0.3) is 5.65 Å². The molecule has 5 nitrogen and oxygen atoms in total. The molecule has 0 spiro atoms. The molecule has 23 heavy (non-hydrogen) atoms. The van der Waals surface area contributed by atoms with Crippen molar-refractivity contribution in [3.8, 4) is 0 Å². The first-order chi connectivity index (χ1) is 11.3. The van der Waals surface area contributed by atoms with Gasteiger partial charge in [0.2, 0.25) is 0 Å². The lowest BCUT2D eigenvalue weighted by molar-refractivity contribution is 0.212. The maximum Gasteiger partial charge on any atom is 0.277 e. The first-order valence-electron chi connectivity index (χ1n) is 9.14. The molecule has 0 amide bonds. The number of nitrogens with zero attached hydrogens (tertiary/aromatic N) is 3. The van der Waals surface area contributed by atoms with Crippen LogP contribution in [0, 0.1) is 5.92 Å². The third kappa shape index (κ3) is 2.42. The highest BCUT2D eigenvalue weighted by Crippen LogP contribution is 2.39. The average molecular weight is 312 g/mol. The molecular formula is C18H24N4O. The van der Waals surface area contributed by atoms with Gasteiger partial charge in [0.15, 0.2) is 5.65 Å². The normalized spacial score (nSPS) is 22.8. The van der Waals surface area contributed by atoms with E-state index in [0.29, 0.717) is 5.92 Å². The number of hydrogen-bond acceptors (Lipinski definition) is 3. The summed E-state index contributed by atoms with van der Waals surface area (Å²) in [6.45, 7) is 2.98. The molecule has 2 aromatic heterocycles. The van der Waals surface area contributed by atoms with Crippen molar-refractivity contribution in [2.24, 2.45) is 5.92 Å². The third-order valence-corrected chi connectivity index (χ3v) is 5.87. The van der Waals surface area contributed by atoms with Gasteiger partial charge in [0.1, 0.15) is 0 Å². The van der Waals surface area contributed by atoms with Crippen LogP contribution in [0.5, 0.6) is 0 Å². The average Bonchev–Trinajstić information content (AvgIpc) is 3.11. The van der Waals surface area contributed by atoms with Crippen molar-refractivity contribution in [1.82, 2.24) is 19.5 Å². The Balaban J connectivity index is 1.46. The molecule has 1 aliphatic heterocycles. The van der Waals surface area contributed by atoms with E-state index in [4.69, 9.17) is 4.98 Å². The quantitative estimate of drug-likeness (QED) is 0.947. The molecular weight excluding hydrogens is 288 g/mol. The molecule has 0 radical (unpaired) electrons. The van der Waals surface area contributed by atoms with Gasteiger partial charge >= 0.3 is 0 Å². The first-order valence-corrected chi connectivity index (χ1v) is 9.14. The Hall–Kier alpha value is -1.62. The van der Waals surface area contributed by atoms with Crippen LogP contribution in [0.1, 0.15) is 61.4 Å². The van der Waals surface area contributed by atoms with E-state index < -0.39 is 0 Å². The lowest BCUT2D eigenvalue weighted by Gasteiger charge is -2.29. The second-order valence-electron chi connectivity index (χ2n) is 7.66. The number of hydrogen-bond donors (Lipinski definition) is 1. The number of H-pyrrole nitrogens is 1. The van der Waals surface area contributed by atoms with E-state index in [1.807, 2.05) is 0 Å². The van der Waals surface area contributed by atoms with Crippen LogP contribution in [0.15, 0.2) is 10.9 Å². The number of aromatic nitrogens is 3. The topological polar surface area (TPSA) is 53.4 Å². The van der Waals surface area contributed by atoms with Crippen molar-refractivity contribution in [3.63, 3.8) is 0 Å². The lowest BCUT2D eigenvalue weighted by atomic mass is 10.0. The molecule has 0 saturated heterocycles. The van der Waals surface area contributed by atoms with Crippen molar-refractivity contribution >= 4 is 5.65 Å². The van der Waals surface area contributed by atoms with E-state index in [1.54, 1.807) is 4.52 Å². The Bertz CT molecular complexity index is 795. The number of nitrogens with one attached hydrogen (secondary N) is 1. The highest BCUT2D eigenvalue weighted by molar-refractivity contribution is 5.43. The van der Waals surface area contributed by atoms with Gasteiger partial charge in [0, 0.05) is 43.7 Å². The van der Waals surface area contributed by atoms with E-state index in [9.17, 15) is 4.79 Å². The van der Waals surface area contributed by atoms with Crippen molar-refractivity contribution in [3.05, 3.63) is 33.4 Å². The van der Waals surface area contributed by atoms with Crippen molar-refractivity contribution in [2.45, 2.75) is 57.4 Å². The van der Waals surface area contributed by atoms with Crippen molar-refractivity contribution < 1.29 is 0 Å². The maximum atomic E-state index is 12.9. The summed E-state index contributed by atoms with van der Waals surface area (Å²) in [5, 5.41) is 3.29. The minimum atomic E-state index is 0.119. The van der Waals surface area contributed by atoms with Crippen LogP contribution >= 0.6 is 0 Å². The van der Waals surface area contributed by atoms with Gasteiger partial charge < -0.3 is 0 Å². The smallest absolute Gasteiger partial charge is 0.277 e. The molecule has 0 unspecified atom stereocenters. The molecule has 3 aliphatic rings. The van der Waals surface area contributed by atoms with Crippen LogP contribution in [-0.4, -0.2) is 32.6 Å². The van der Waals surface area contributed by atoms with Crippen LogP contribution in [0.4, 0.5) is 0 Å². The van der Waals surface area contributed by atoms with E-state index in [-0.39, 0.29) is 5.56 Å². The minimum Gasteiger partial charge on any atom is -0.298 e. The Morgan fingerprint density at radius 2 is 2.04 bits per heavy atom. The van der Waals surface area contributed by atoms with Gasteiger partial charge in [-0.1, -0.05) is 12.8 Å². The predicted molar refractivity (Wildman–Crippen MR) is 88.7 cm³/mol. The summed E-state index contributed by atoms with van der Waals surface area (Å²) in [6, 6.07) is 2.07. The molecule has 5 heteroatoms. The van der Waals surface area contributed by atoms with Gasteiger partial charge in [-0.3, -0.25) is 14.8 Å². The molecule has 2 aromatic rings. The summed E-state index contributed by atoms with van der Waals surface area (Å²) in [5.74, 6) is 1.45. The number of rotatable bonds is 3. The zero-order valence-corrected chi connectivity index (χ0v) is 13.6. The Labute approximate surface area is 135 Å².